The fraction of sp³-hybridized carbons (Fsp3) is 0.269. The molecule has 3 aromatic rings. The third-order valence-electron chi connectivity index (χ3n) is 6.04. The SMILES string of the molecule is CN(CC(=O)NC1CC1)C(=O)c1c2c(nc3ccccc13)/C(=C\c1ccc(Cl)cc1)CC2. The van der Waals surface area contributed by atoms with Crippen molar-refractivity contribution in [1.29, 1.82) is 0 Å². The van der Waals surface area contributed by atoms with E-state index in [0.29, 0.717) is 10.6 Å². The first-order valence-corrected chi connectivity index (χ1v) is 11.3. The van der Waals surface area contributed by atoms with E-state index in [-0.39, 0.29) is 24.4 Å². The molecule has 5 nitrogen and oxygen atoms in total. The van der Waals surface area contributed by atoms with Gasteiger partial charge in [0.1, 0.15) is 0 Å². The van der Waals surface area contributed by atoms with Crippen molar-refractivity contribution in [3.63, 3.8) is 0 Å². The van der Waals surface area contributed by atoms with Crippen molar-refractivity contribution in [2.45, 2.75) is 31.7 Å². The highest BCUT2D eigenvalue weighted by molar-refractivity contribution is 6.30. The molecule has 0 saturated heterocycles. The maximum atomic E-state index is 13.5. The van der Waals surface area contributed by atoms with E-state index in [1.165, 1.54) is 4.90 Å². The smallest absolute Gasteiger partial charge is 0.255 e. The number of carbonyl (C=O) groups excluding carboxylic acids is 2. The van der Waals surface area contributed by atoms with Crippen molar-refractivity contribution in [2.75, 3.05) is 13.6 Å². The van der Waals surface area contributed by atoms with Gasteiger partial charge in [-0.3, -0.25) is 9.59 Å². The van der Waals surface area contributed by atoms with Gasteiger partial charge in [-0.25, -0.2) is 4.98 Å². The van der Waals surface area contributed by atoms with E-state index in [0.717, 1.165) is 59.0 Å². The summed E-state index contributed by atoms with van der Waals surface area (Å²) in [6.45, 7) is 0.0498. The molecular formula is C26H24ClN3O2. The molecule has 0 spiro atoms. The number of para-hydroxylation sites is 1. The molecule has 0 aliphatic heterocycles. The van der Waals surface area contributed by atoms with Gasteiger partial charge in [-0.1, -0.05) is 41.9 Å². The van der Waals surface area contributed by atoms with Crippen molar-refractivity contribution in [3.8, 4) is 0 Å². The lowest BCUT2D eigenvalue weighted by molar-refractivity contribution is -0.121. The highest BCUT2D eigenvalue weighted by Gasteiger charge is 2.29. The van der Waals surface area contributed by atoms with Crippen LogP contribution in [-0.2, 0) is 11.2 Å². The standard InChI is InChI=1S/C26H24ClN3O2/c1-30(15-23(31)28-19-11-12-19)26(32)24-20-4-2-3-5-22(20)29-25-17(8-13-21(24)25)14-16-6-9-18(27)10-7-16/h2-7,9-10,14,19H,8,11-13,15H2,1H3,(H,28,31)/b17-14-. The fourth-order valence-corrected chi connectivity index (χ4v) is 4.39. The van der Waals surface area contributed by atoms with E-state index in [1.54, 1.807) is 7.05 Å². The summed E-state index contributed by atoms with van der Waals surface area (Å²) in [5, 5.41) is 4.49. The number of allylic oxidation sites excluding steroid dienone is 1. The topological polar surface area (TPSA) is 62.3 Å². The van der Waals surface area contributed by atoms with E-state index < -0.39 is 0 Å². The van der Waals surface area contributed by atoms with Crippen molar-refractivity contribution in [1.82, 2.24) is 15.2 Å². The largest absolute Gasteiger partial charge is 0.352 e. The summed E-state index contributed by atoms with van der Waals surface area (Å²) in [5.74, 6) is -0.250. The number of nitrogens with one attached hydrogen (secondary N) is 1. The van der Waals surface area contributed by atoms with Crippen LogP contribution in [0.4, 0.5) is 0 Å². The van der Waals surface area contributed by atoms with Gasteiger partial charge in [0.2, 0.25) is 5.91 Å². The molecule has 1 N–H and O–H groups in total. The molecule has 1 aromatic heterocycles. The molecule has 2 amide bonds. The predicted octanol–water partition coefficient (Wildman–Crippen LogP) is 4.73. The molecule has 0 unspecified atom stereocenters. The van der Waals surface area contributed by atoms with Crippen LogP contribution in [0.2, 0.25) is 5.02 Å². The van der Waals surface area contributed by atoms with Crippen LogP contribution in [-0.4, -0.2) is 41.3 Å². The van der Waals surface area contributed by atoms with Gasteiger partial charge in [-0.05, 0) is 66.7 Å². The molecule has 5 rings (SSSR count). The number of carbonyl (C=O) groups is 2. The first kappa shape index (κ1) is 20.7. The molecule has 0 atom stereocenters. The zero-order valence-corrected chi connectivity index (χ0v) is 18.7. The maximum absolute atomic E-state index is 13.5. The van der Waals surface area contributed by atoms with Crippen molar-refractivity contribution in [2.24, 2.45) is 0 Å². The van der Waals surface area contributed by atoms with Gasteiger partial charge in [0.25, 0.3) is 5.91 Å². The number of fused-ring (bicyclic) bond motifs is 2. The van der Waals surface area contributed by atoms with Gasteiger partial charge in [0.15, 0.2) is 0 Å². The second kappa shape index (κ2) is 8.40. The number of hydrogen-bond acceptors (Lipinski definition) is 3. The Morgan fingerprint density at radius 2 is 1.88 bits per heavy atom. The molecular weight excluding hydrogens is 422 g/mol. The average molecular weight is 446 g/mol. The van der Waals surface area contributed by atoms with Gasteiger partial charge in [-0.15, -0.1) is 0 Å². The summed E-state index contributed by atoms with van der Waals surface area (Å²) in [7, 11) is 1.69. The number of likely N-dealkylation sites (N-methyl/N-ethyl adjacent to an activating group) is 1. The first-order chi connectivity index (χ1) is 15.5. The lowest BCUT2D eigenvalue weighted by Gasteiger charge is -2.20. The zero-order chi connectivity index (χ0) is 22.2. The second-order valence-corrected chi connectivity index (χ2v) is 8.99. The molecule has 1 fully saturated rings. The molecule has 6 heteroatoms. The molecule has 1 heterocycles. The number of rotatable bonds is 5. The van der Waals surface area contributed by atoms with Crippen LogP contribution >= 0.6 is 11.6 Å². The molecule has 32 heavy (non-hydrogen) atoms. The maximum Gasteiger partial charge on any atom is 0.255 e. The average Bonchev–Trinajstić information content (AvgIpc) is 3.52. The molecule has 2 aromatic carbocycles. The summed E-state index contributed by atoms with van der Waals surface area (Å²) >= 11 is 6.02. The Kier molecular flexibility index (Phi) is 5.43. The molecule has 2 aliphatic carbocycles. The summed E-state index contributed by atoms with van der Waals surface area (Å²) in [6, 6.07) is 15.7. The number of pyridine rings is 1. The van der Waals surface area contributed by atoms with E-state index in [4.69, 9.17) is 16.6 Å². The van der Waals surface area contributed by atoms with E-state index >= 15 is 0 Å². The van der Waals surface area contributed by atoms with Crippen LogP contribution in [0.3, 0.4) is 0 Å². The van der Waals surface area contributed by atoms with Crippen molar-refractivity contribution >= 4 is 46.0 Å². The summed E-state index contributed by atoms with van der Waals surface area (Å²) < 4.78 is 0. The first-order valence-electron chi connectivity index (χ1n) is 10.9. The monoisotopic (exact) mass is 445 g/mol. The van der Waals surface area contributed by atoms with Crippen molar-refractivity contribution in [3.05, 3.63) is 75.9 Å². The third-order valence-corrected chi connectivity index (χ3v) is 6.29. The zero-order valence-electron chi connectivity index (χ0n) is 17.9. The normalized spacial score (nSPS) is 16.2. The van der Waals surface area contributed by atoms with E-state index in [2.05, 4.69) is 11.4 Å². The Balaban J connectivity index is 1.53. The fourth-order valence-electron chi connectivity index (χ4n) is 4.26. The van der Waals surface area contributed by atoms with Crippen LogP contribution in [0.15, 0.2) is 48.5 Å². The second-order valence-electron chi connectivity index (χ2n) is 8.56. The number of aromatic nitrogens is 1. The highest BCUT2D eigenvalue weighted by Crippen LogP contribution is 2.38. The Morgan fingerprint density at radius 1 is 1.12 bits per heavy atom. The molecule has 1 saturated carbocycles. The molecule has 2 aliphatic rings. The number of hydrogen-bond donors (Lipinski definition) is 1. The number of halogens is 1. The minimum absolute atomic E-state index is 0.0498. The van der Waals surface area contributed by atoms with E-state index in [9.17, 15) is 9.59 Å². The van der Waals surface area contributed by atoms with Gasteiger partial charge >= 0.3 is 0 Å². The van der Waals surface area contributed by atoms with E-state index in [1.807, 2.05) is 48.5 Å². The quantitative estimate of drug-likeness (QED) is 0.617. The highest BCUT2D eigenvalue weighted by atomic mass is 35.5. The van der Waals surface area contributed by atoms with Crippen LogP contribution in [0.5, 0.6) is 0 Å². The molecule has 162 valence electrons. The summed E-state index contributed by atoms with van der Waals surface area (Å²) in [5.41, 5.74) is 5.44. The minimum Gasteiger partial charge on any atom is -0.352 e. The van der Waals surface area contributed by atoms with Crippen LogP contribution in [0.1, 0.15) is 46.4 Å². The van der Waals surface area contributed by atoms with Crippen LogP contribution < -0.4 is 5.32 Å². The number of benzene rings is 2. The summed E-state index contributed by atoms with van der Waals surface area (Å²) in [6.07, 6.45) is 5.72. The Labute approximate surface area is 192 Å². The van der Waals surface area contributed by atoms with Gasteiger partial charge < -0.3 is 10.2 Å². The Morgan fingerprint density at radius 3 is 2.62 bits per heavy atom. The number of amides is 2. The van der Waals surface area contributed by atoms with Gasteiger partial charge in [0, 0.05) is 23.5 Å². The van der Waals surface area contributed by atoms with Gasteiger partial charge in [-0.2, -0.15) is 0 Å². The Bertz CT molecular complexity index is 1250. The molecule has 0 bridgehead atoms. The lowest BCUT2D eigenvalue weighted by atomic mass is 9.99. The predicted molar refractivity (Wildman–Crippen MR) is 128 cm³/mol. The minimum atomic E-state index is -0.140. The summed E-state index contributed by atoms with van der Waals surface area (Å²) in [4.78, 5) is 32.3. The lowest BCUT2D eigenvalue weighted by Crippen LogP contribution is -2.39. The third kappa shape index (κ3) is 4.13. The van der Waals surface area contributed by atoms with Crippen LogP contribution in [0, 0.1) is 0 Å². The molecule has 0 radical (unpaired) electrons. The van der Waals surface area contributed by atoms with Gasteiger partial charge in [0.05, 0.1) is 23.3 Å². The van der Waals surface area contributed by atoms with Crippen molar-refractivity contribution < 1.29 is 9.59 Å². The Hall–Kier alpha value is -3.18. The number of nitrogens with zero attached hydrogens (tertiary/aromatic N) is 2. The van der Waals surface area contributed by atoms with Crippen LogP contribution in [0.25, 0.3) is 22.6 Å².